The maximum absolute atomic E-state index is 13.4. The Balaban J connectivity index is 1.52. The molecule has 0 saturated heterocycles. The lowest BCUT2D eigenvalue weighted by molar-refractivity contribution is -0.384. The fourth-order valence-corrected chi connectivity index (χ4v) is 5.03. The third kappa shape index (κ3) is 14.1. The standard InChI is InChI=1S/C35H43N7O11/c1-22(2)31(40-28(43)8-4-3-5-20-41-29(44)17-18-30(41)45)33(47)39-27(7-6-19-37-34(36)48)32(46)38-24-11-9-23(10-12-24)21-52-35(49)53-26-15-13-25(14-16-26)42(50)51/h9-18,22,27,31H,3-8,19-21H2,1-2H3,(H,38,46)(H,39,47)(H,40,43)(H3,36,37,48)/t27-,31-/m1/s1. The summed E-state index contributed by atoms with van der Waals surface area (Å²) in [6.07, 6.45) is 3.50. The zero-order valence-corrected chi connectivity index (χ0v) is 29.3. The number of amides is 7. The number of ether oxygens (including phenoxy) is 2. The van der Waals surface area contributed by atoms with Gasteiger partial charge < -0.3 is 36.5 Å². The van der Waals surface area contributed by atoms with Crippen LogP contribution in [0.4, 0.5) is 21.0 Å². The van der Waals surface area contributed by atoms with Crippen molar-refractivity contribution in [3.63, 3.8) is 0 Å². The predicted molar refractivity (Wildman–Crippen MR) is 189 cm³/mol. The van der Waals surface area contributed by atoms with Crippen molar-refractivity contribution in [3.8, 4) is 5.75 Å². The Morgan fingerprint density at radius 3 is 2.13 bits per heavy atom. The molecule has 284 valence electrons. The second-order valence-electron chi connectivity index (χ2n) is 12.3. The highest BCUT2D eigenvalue weighted by molar-refractivity contribution is 6.12. The van der Waals surface area contributed by atoms with Gasteiger partial charge in [0.25, 0.3) is 17.5 Å². The average Bonchev–Trinajstić information content (AvgIpc) is 3.43. The number of nitro benzene ring substituents is 1. The van der Waals surface area contributed by atoms with E-state index >= 15 is 0 Å². The molecule has 6 N–H and O–H groups in total. The van der Waals surface area contributed by atoms with Crippen molar-refractivity contribution < 1.29 is 48.0 Å². The van der Waals surface area contributed by atoms with E-state index in [0.717, 1.165) is 4.90 Å². The van der Waals surface area contributed by atoms with Gasteiger partial charge in [-0.2, -0.15) is 0 Å². The Bertz CT molecular complexity index is 1660. The summed E-state index contributed by atoms with van der Waals surface area (Å²) in [5, 5.41) is 21.4. The first-order valence-electron chi connectivity index (χ1n) is 16.9. The molecule has 0 unspecified atom stereocenters. The van der Waals surface area contributed by atoms with Gasteiger partial charge in [0.1, 0.15) is 24.4 Å². The number of benzene rings is 2. The lowest BCUT2D eigenvalue weighted by atomic mass is 10.0. The number of nitrogens with one attached hydrogen (secondary N) is 4. The molecule has 53 heavy (non-hydrogen) atoms. The molecule has 2 atom stereocenters. The summed E-state index contributed by atoms with van der Waals surface area (Å²) in [7, 11) is 0. The number of unbranched alkanes of at least 4 members (excludes halogenated alkanes) is 2. The Morgan fingerprint density at radius 1 is 0.868 bits per heavy atom. The van der Waals surface area contributed by atoms with Crippen molar-refractivity contribution in [2.45, 2.75) is 71.1 Å². The molecule has 7 amide bonds. The first-order valence-corrected chi connectivity index (χ1v) is 16.9. The fourth-order valence-electron chi connectivity index (χ4n) is 5.03. The Kier molecular flexibility index (Phi) is 15.9. The summed E-state index contributed by atoms with van der Waals surface area (Å²) in [6.45, 7) is 3.72. The van der Waals surface area contributed by atoms with Crippen molar-refractivity contribution in [1.82, 2.24) is 20.9 Å². The van der Waals surface area contributed by atoms with E-state index in [9.17, 15) is 43.7 Å². The maximum atomic E-state index is 13.4. The Morgan fingerprint density at radius 2 is 1.53 bits per heavy atom. The summed E-state index contributed by atoms with van der Waals surface area (Å²) in [4.78, 5) is 97.3. The van der Waals surface area contributed by atoms with Crippen molar-refractivity contribution in [2.24, 2.45) is 11.7 Å². The molecule has 0 saturated carbocycles. The number of nitrogens with zero attached hydrogens (tertiary/aromatic N) is 2. The summed E-state index contributed by atoms with van der Waals surface area (Å²) in [6, 6.07) is 8.42. The number of urea groups is 1. The molecule has 3 rings (SSSR count). The lowest BCUT2D eigenvalue weighted by Gasteiger charge is -2.25. The maximum Gasteiger partial charge on any atom is 0.514 e. The van der Waals surface area contributed by atoms with Gasteiger partial charge in [-0.1, -0.05) is 32.4 Å². The number of imide groups is 1. The highest BCUT2D eigenvalue weighted by Gasteiger charge is 2.29. The highest BCUT2D eigenvalue weighted by Crippen LogP contribution is 2.18. The second kappa shape index (κ2) is 20.5. The zero-order valence-electron chi connectivity index (χ0n) is 29.3. The normalized spacial score (nSPS) is 13.2. The van der Waals surface area contributed by atoms with Gasteiger partial charge in [-0.15, -0.1) is 0 Å². The summed E-state index contributed by atoms with van der Waals surface area (Å²) in [5.74, 6) is -2.51. The van der Waals surface area contributed by atoms with E-state index in [1.54, 1.807) is 38.1 Å². The van der Waals surface area contributed by atoms with Crippen LogP contribution in [0.5, 0.6) is 5.75 Å². The number of hydrogen-bond acceptors (Lipinski definition) is 11. The van der Waals surface area contributed by atoms with E-state index in [2.05, 4.69) is 21.3 Å². The average molecular weight is 738 g/mol. The molecule has 0 aliphatic carbocycles. The van der Waals surface area contributed by atoms with Crippen molar-refractivity contribution >= 4 is 53.1 Å². The van der Waals surface area contributed by atoms with Crippen LogP contribution >= 0.6 is 0 Å². The van der Waals surface area contributed by atoms with Crippen LogP contribution in [0.15, 0.2) is 60.7 Å². The number of carbonyl (C=O) groups excluding carboxylic acids is 7. The number of rotatable bonds is 20. The first-order chi connectivity index (χ1) is 25.2. The molecule has 2 aromatic rings. The smallest absolute Gasteiger partial charge is 0.429 e. The van der Waals surface area contributed by atoms with Gasteiger partial charge in [-0.05, 0) is 61.4 Å². The van der Waals surface area contributed by atoms with Gasteiger partial charge in [0, 0.05) is 49.5 Å². The molecule has 18 nitrogen and oxygen atoms in total. The molecule has 1 aliphatic rings. The van der Waals surface area contributed by atoms with E-state index < -0.39 is 41.0 Å². The number of carbonyl (C=O) groups is 7. The molecular weight excluding hydrogens is 694 g/mol. The van der Waals surface area contributed by atoms with Gasteiger partial charge in [-0.3, -0.25) is 39.0 Å². The molecule has 1 heterocycles. The minimum Gasteiger partial charge on any atom is -0.429 e. The molecule has 0 bridgehead atoms. The van der Waals surface area contributed by atoms with Crippen LogP contribution in [-0.4, -0.2) is 76.7 Å². The van der Waals surface area contributed by atoms with Crippen LogP contribution in [0, 0.1) is 16.0 Å². The second-order valence-corrected chi connectivity index (χ2v) is 12.3. The third-order valence-corrected chi connectivity index (χ3v) is 7.88. The minimum absolute atomic E-state index is 0.0608. The molecule has 0 spiro atoms. The van der Waals surface area contributed by atoms with Crippen LogP contribution in [0.25, 0.3) is 0 Å². The number of anilines is 1. The molecule has 0 aromatic heterocycles. The summed E-state index contributed by atoms with van der Waals surface area (Å²) in [5.41, 5.74) is 5.89. The molecule has 18 heteroatoms. The Labute approximate surface area is 304 Å². The van der Waals surface area contributed by atoms with Crippen molar-refractivity contribution in [3.05, 3.63) is 76.4 Å². The van der Waals surface area contributed by atoms with Gasteiger partial charge in [0.15, 0.2) is 0 Å². The van der Waals surface area contributed by atoms with E-state index in [-0.39, 0.29) is 74.0 Å². The van der Waals surface area contributed by atoms with Crippen molar-refractivity contribution in [2.75, 3.05) is 18.4 Å². The molecule has 0 radical (unpaired) electrons. The van der Waals surface area contributed by atoms with Crippen LogP contribution < -0.4 is 31.7 Å². The van der Waals surface area contributed by atoms with Crippen LogP contribution in [0.3, 0.4) is 0 Å². The number of primary amides is 1. The van der Waals surface area contributed by atoms with Crippen LogP contribution in [-0.2, 0) is 35.3 Å². The third-order valence-electron chi connectivity index (χ3n) is 7.88. The molecule has 1 aliphatic heterocycles. The van der Waals surface area contributed by atoms with E-state index in [1.807, 2.05) is 0 Å². The molecule has 0 fully saturated rings. The zero-order chi connectivity index (χ0) is 38.9. The SMILES string of the molecule is CC(C)[C@@H](NC(=O)CCCCCN1C(=O)C=CC1=O)C(=O)N[C@H](CCCNC(N)=O)C(=O)Nc1ccc(COC(=O)Oc2ccc([N+](=O)[O-])cc2)cc1. The first kappa shape index (κ1) is 41.1. The van der Waals surface area contributed by atoms with Crippen LogP contribution in [0.2, 0.25) is 0 Å². The van der Waals surface area contributed by atoms with Gasteiger partial charge in [0.05, 0.1) is 4.92 Å². The lowest BCUT2D eigenvalue weighted by Crippen LogP contribution is -2.54. The predicted octanol–water partition coefficient (Wildman–Crippen LogP) is 2.81. The number of nitrogens with two attached hydrogens (primary N) is 1. The largest absolute Gasteiger partial charge is 0.514 e. The Hall–Kier alpha value is -6.33. The van der Waals surface area contributed by atoms with Crippen LogP contribution in [0.1, 0.15) is 57.9 Å². The van der Waals surface area contributed by atoms with Gasteiger partial charge in [0.2, 0.25) is 17.7 Å². The summed E-state index contributed by atoms with van der Waals surface area (Å²) < 4.78 is 10.1. The number of hydrogen-bond donors (Lipinski definition) is 5. The minimum atomic E-state index is -1.06. The molecular formula is C35H43N7O11. The van der Waals surface area contributed by atoms with E-state index in [4.69, 9.17) is 15.2 Å². The summed E-state index contributed by atoms with van der Waals surface area (Å²) >= 11 is 0. The van der Waals surface area contributed by atoms with Gasteiger partial charge in [-0.25, -0.2) is 9.59 Å². The van der Waals surface area contributed by atoms with Gasteiger partial charge >= 0.3 is 12.2 Å². The van der Waals surface area contributed by atoms with E-state index in [0.29, 0.717) is 30.5 Å². The fraction of sp³-hybridized carbons (Fsp3) is 0.400. The molecule has 2 aromatic carbocycles. The number of non-ortho nitro benzene ring substituents is 1. The quantitative estimate of drug-likeness (QED) is 0.0330. The number of nitro groups is 1. The highest BCUT2D eigenvalue weighted by atomic mass is 16.7. The topological polar surface area (TPSA) is 258 Å². The monoisotopic (exact) mass is 737 g/mol. The van der Waals surface area contributed by atoms with E-state index in [1.165, 1.54) is 36.4 Å². The van der Waals surface area contributed by atoms with Crippen molar-refractivity contribution in [1.29, 1.82) is 0 Å².